The Morgan fingerprint density at radius 1 is 1.28 bits per heavy atom. The molecule has 2 aromatic rings. The molecule has 0 radical (unpaired) electrons. The summed E-state index contributed by atoms with van der Waals surface area (Å²) < 4.78 is 5.43. The summed E-state index contributed by atoms with van der Waals surface area (Å²) in [6.07, 6.45) is 0. The number of thiophene rings is 1. The first-order valence-electron chi connectivity index (χ1n) is 5.72. The van der Waals surface area contributed by atoms with Gasteiger partial charge in [-0.2, -0.15) is 0 Å². The highest BCUT2D eigenvalue weighted by Gasteiger charge is 2.19. The van der Waals surface area contributed by atoms with E-state index < -0.39 is 0 Å². The minimum atomic E-state index is 0.128. The van der Waals surface area contributed by atoms with Gasteiger partial charge in [-0.15, -0.1) is 11.3 Å². The second kappa shape index (κ2) is 5.74. The van der Waals surface area contributed by atoms with Crippen molar-refractivity contribution in [2.24, 2.45) is 0 Å². The summed E-state index contributed by atoms with van der Waals surface area (Å²) in [5.41, 5.74) is 2.38. The van der Waals surface area contributed by atoms with E-state index in [0.717, 1.165) is 11.3 Å². The van der Waals surface area contributed by atoms with Crippen LogP contribution < -0.4 is 10.1 Å². The van der Waals surface area contributed by atoms with Crippen molar-refractivity contribution in [3.8, 4) is 5.75 Å². The Morgan fingerprint density at radius 2 is 2.06 bits per heavy atom. The molecule has 4 heteroatoms. The van der Waals surface area contributed by atoms with Crippen LogP contribution in [0.2, 0.25) is 5.02 Å². The van der Waals surface area contributed by atoms with Gasteiger partial charge >= 0.3 is 0 Å². The number of methoxy groups -OCH3 is 1. The van der Waals surface area contributed by atoms with Crippen LogP contribution in [-0.4, -0.2) is 14.2 Å². The lowest BCUT2D eigenvalue weighted by Crippen LogP contribution is -2.18. The number of hydrogen-bond donors (Lipinski definition) is 1. The Morgan fingerprint density at radius 3 is 2.61 bits per heavy atom. The third-order valence-electron chi connectivity index (χ3n) is 3.01. The monoisotopic (exact) mass is 281 g/mol. The second-order valence-corrected chi connectivity index (χ2v) is 5.60. The van der Waals surface area contributed by atoms with Crippen molar-refractivity contribution in [3.63, 3.8) is 0 Å². The van der Waals surface area contributed by atoms with Crippen LogP contribution in [0.5, 0.6) is 5.75 Å². The second-order valence-electron chi connectivity index (χ2n) is 4.04. The summed E-state index contributed by atoms with van der Waals surface area (Å²) in [5.74, 6) is 0.812. The zero-order valence-electron chi connectivity index (χ0n) is 10.7. The summed E-state index contributed by atoms with van der Waals surface area (Å²) >= 11 is 7.75. The number of rotatable bonds is 4. The molecule has 0 aliphatic heterocycles. The minimum absolute atomic E-state index is 0.128. The molecule has 0 bridgehead atoms. The van der Waals surface area contributed by atoms with Crippen molar-refractivity contribution in [2.75, 3.05) is 14.2 Å². The zero-order valence-corrected chi connectivity index (χ0v) is 12.2. The van der Waals surface area contributed by atoms with Crippen LogP contribution in [0.15, 0.2) is 29.6 Å². The molecule has 1 heterocycles. The fourth-order valence-electron chi connectivity index (χ4n) is 2.10. The van der Waals surface area contributed by atoms with Crippen molar-refractivity contribution >= 4 is 22.9 Å². The van der Waals surface area contributed by atoms with Gasteiger partial charge in [0.2, 0.25) is 0 Å². The first-order chi connectivity index (χ1) is 8.67. The number of nitrogens with one attached hydrogen (secondary N) is 1. The summed E-state index contributed by atoms with van der Waals surface area (Å²) in [6, 6.07) is 8.03. The third-order valence-corrected chi connectivity index (χ3v) is 4.10. The van der Waals surface area contributed by atoms with E-state index in [1.54, 1.807) is 18.4 Å². The molecule has 0 saturated carbocycles. The molecule has 1 atom stereocenters. The minimum Gasteiger partial charge on any atom is -0.496 e. The number of ether oxygens (including phenoxy) is 1. The topological polar surface area (TPSA) is 21.3 Å². The van der Waals surface area contributed by atoms with Crippen LogP contribution in [0.3, 0.4) is 0 Å². The lowest BCUT2D eigenvalue weighted by atomic mass is 9.99. The van der Waals surface area contributed by atoms with E-state index in [-0.39, 0.29) is 6.04 Å². The smallest absolute Gasteiger partial charge is 0.125 e. The molecular weight excluding hydrogens is 266 g/mol. The molecule has 1 aromatic heterocycles. The number of hydrogen-bond acceptors (Lipinski definition) is 3. The highest BCUT2D eigenvalue weighted by molar-refractivity contribution is 7.10. The Kier molecular flexibility index (Phi) is 4.27. The van der Waals surface area contributed by atoms with Gasteiger partial charge in [0.15, 0.2) is 0 Å². The SMILES string of the molecule is CNC(c1ccc(Cl)cc1OC)c1ccsc1C. The largest absolute Gasteiger partial charge is 0.496 e. The fraction of sp³-hybridized carbons (Fsp3) is 0.286. The van der Waals surface area contributed by atoms with Crippen molar-refractivity contribution < 1.29 is 4.74 Å². The molecule has 2 nitrogen and oxygen atoms in total. The Labute approximate surface area is 117 Å². The van der Waals surface area contributed by atoms with Crippen LogP contribution in [-0.2, 0) is 0 Å². The average molecular weight is 282 g/mol. The Balaban J connectivity index is 2.48. The molecule has 0 saturated heterocycles. The van der Waals surface area contributed by atoms with Crippen LogP contribution in [0.4, 0.5) is 0 Å². The molecular formula is C14H16ClNOS. The van der Waals surface area contributed by atoms with E-state index in [2.05, 4.69) is 23.7 Å². The first-order valence-corrected chi connectivity index (χ1v) is 6.97. The van der Waals surface area contributed by atoms with Crippen LogP contribution in [0.25, 0.3) is 0 Å². The number of aryl methyl sites for hydroxylation is 1. The van der Waals surface area contributed by atoms with E-state index >= 15 is 0 Å². The van der Waals surface area contributed by atoms with Crippen LogP contribution in [0, 0.1) is 6.92 Å². The van der Waals surface area contributed by atoms with Gasteiger partial charge in [-0.05, 0) is 43.1 Å². The van der Waals surface area contributed by atoms with Gasteiger partial charge in [0.05, 0.1) is 13.2 Å². The van der Waals surface area contributed by atoms with Gasteiger partial charge in [0.25, 0.3) is 0 Å². The molecule has 0 spiro atoms. The standard InChI is InChI=1S/C14H16ClNOS/c1-9-11(6-7-18-9)14(16-2)12-5-4-10(15)8-13(12)17-3/h4-8,14,16H,1-3H3. The molecule has 2 rings (SSSR count). The summed E-state index contributed by atoms with van der Waals surface area (Å²) in [7, 11) is 3.62. The summed E-state index contributed by atoms with van der Waals surface area (Å²) in [5, 5.41) is 6.14. The van der Waals surface area contributed by atoms with Gasteiger partial charge in [-0.25, -0.2) is 0 Å². The highest BCUT2D eigenvalue weighted by Crippen LogP contribution is 2.34. The lowest BCUT2D eigenvalue weighted by Gasteiger charge is -2.19. The summed E-state index contributed by atoms with van der Waals surface area (Å²) in [4.78, 5) is 1.31. The molecule has 1 aromatic carbocycles. The summed E-state index contributed by atoms with van der Waals surface area (Å²) in [6.45, 7) is 2.13. The molecule has 1 unspecified atom stereocenters. The van der Waals surface area contributed by atoms with E-state index in [0.29, 0.717) is 5.02 Å². The van der Waals surface area contributed by atoms with Gasteiger partial charge in [-0.3, -0.25) is 0 Å². The third kappa shape index (κ3) is 2.53. The maximum Gasteiger partial charge on any atom is 0.125 e. The van der Waals surface area contributed by atoms with Crippen molar-refractivity contribution in [3.05, 3.63) is 50.7 Å². The van der Waals surface area contributed by atoms with E-state index in [1.807, 2.05) is 25.2 Å². The highest BCUT2D eigenvalue weighted by atomic mass is 35.5. The predicted molar refractivity (Wildman–Crippen MR) is 78.0 cm³/mol. The fourth-order valence-corrected chi connectivity index (χ4v) is 3.00. The van der Waals surface area contributed by atoms with Crippen molar-refractivity contribution in [1.29, 1.82) is 0 Å². The predicted octanol–water partition coefficient (Wildman–Crippen LogP) is 4.03. The lowest BCUT2D eigenvalue weighted by molar-refractivity contribution is 0.405. The molecule has 0 amide bonds. The van der Waals surface area contributed by atoms with Gasteiger partial charge in [0, 0.05) is 15.5 Å². The van der Waals surface area contributed by atoms with Gasteiger partial charge in [0.1, 0.15) is 5.75 Å². The maximum atomic E-state index is 6.00. The zero-order chi connectivity index (χ0) is 13.1. The molecule has 0 aliphatic rings. The first kappa shape index (κ1) is 13.4. The van der Waals surface area contributed by atoms with Crippen LogP contribution >= 0.6 is 22.9 Å². The number of benzene rings is 1. The Bertz CT molecular complexity index is 538. The molecule has 0 aliphatic carbocycles. The van der Waals surface area contributed by atoms with Crippen molar-refractivity contribution in [1.82, 2.24) is 5.32 Å². The molecule has 96 valence electrons. The van der Waals surface area contributed by atoms with E-state index in [9.17, 15) is 0 Å². The normalized spacial score (nSPS) is 12.4. The molecule has 18 heavy (non-hydrogen) atoms. The van der Waals surface area contributed by atoms with Gasteiger partial charge < -0.3 is 10.1 Å². The van der Waals surface area contributed by atoms with E-state index in [1.165, 1.54) is 10.4 Å². The molecule has 1 N–H and O–H groups in total. The average Bonchev–Trinajstić information content (AvgIpc) is 2.78. The number of halogens is 1. The maximum absolute atomic E-state index is 6.00. The van der Waals surface area contributed by atoms with Crippen molar-refractivity contribution in [2.45, 2.75) is 13.0 Å². The van der Waals surface area contributed by atoms with Crippen LogP contribution in [0.1, 0.15) is 22.0 Å². The quantitative estimate of drug-likeness (QED) is 0.914. The Hall–Kier alpha value is -1.03. The van der Waals surface area contributed by atoms with E-state index in [4.69, 9.17) is 16.3 Å². The molecule has 0 fully saturated rings. The van der Waals surface area contributed by atoms with Gasteiger partial charge in [-0.1, -0.05) is 17.7 Å².